The van der Waals surface area contributed by atoms with E-state index < -0.39 is 0 Å². The number of aromatic nitrogens is 1. The maximum Gasteiger partial charge on any atom is 0.0811 e. The number of rotatable bonds is 3. The molecule has 2 heteroatoms. The van der Waals surface area contributed by atoms with Gasteiger partial charge in [-0.2, -0.15) is 0 Å². The van der Waals surface area contributed by atoms with Gasteiger partial charge in [-0.1, -0.05) is 53.7 Å². The Kier molecular flexibility index (Phi) is 5.27. The third-order valence-corrected chi connectivity index (χ3v) is 4.33. The summed E-state index contributed by atoms with van der Waals surface area (Å²) in [5, 5.41) is 0. The minimum atomic E-state index is 0.120. The molecule has 1 aromatic carbocycles. The van der Waals surface area contributed by atoms with Crippen LogP contribution in [0.3, 0.4) is 0 Å². The lowest BCUT2D eigenvalue weighted by Crippen LogP contribution is -2.19. The Bertz CT molecular complexity index is 714. The topological polar surface area (TPSA) is 25.2 Å². The summed E-state index contributed by atoms with van der Waals surface area (Å²) in [5.41, 5.74) is 6.52. The highest BCUT2D eigenvalue weighted by atomic mass is 14.8. The quantitative estimate of drug-likeness (QED) is 0.675. The van der Waals surface area contributed by atoms with Crippen molar-refractivity contribution >= 4 is 6.21 Å². The number of aliphatic imine (C=N–C) groups is 1. The van der Waals surface area contributed by atoms with Crippen LogP contribution in [0.4, 0.5) is 0 Å². The molecule has 0 amide bonds. The average Bonchev–Trinajstić information content (AvgIpc) is 2.47. The predicted octanol–water partition coefficient (Wildman–Crippen LogP) is 5.60. The highest BCUT2D eigenvalue weighted by Crippen LogP contribution is 2.32. The van der Waals surface area contributed by atoms with Gasteiger partial charge in [0.25, 0.3) is 0 Å². The molecule has 128 valence electrons. The highest BCUT2D eigenvalue weighted by Gasteiger charge is 2.22. The molecule has 2 aromatic rings. The second-order valence-electron chi connectivity index (χ2n) is 8.53. The molecule has 0 bridgehead atoms. The Balaban J connectivity index is 2.41. The zero-order valence-corrected chi connectivity index (χ0v) is 16.1. The number of nitrogens with zero attached hydrogens (tertiary/aromatic N) is 2. The van der Waals surface area contributed by atoms with Crippen LogP contribution >= 0.6 is 0 Å². The molecule has 2 rings (SSSR count). The van der Waals surface area contributed by atoms with E-state index in [9.17, 15) is 0 Å². The van der Waals surface area contributed by atoms with Crippen LogP contribution in [0.1, 0.15) is 69.5 Å². The van der Waals surface area contributed by atoms with Gasteiger partial charge in [0.1, 0.15) is 0 Å². The summed E-state index contributed by atoms with van der Waals surface area (Å²) in [7, 11) is 0. The van der Waals surface area contributed by atoms with Crippen molar-refractivity contribution < 1.29 is 0 Å². The van der Waals surface area contributed by atoms with Crippen molar-refractivity contribution in [1.82, 2.24) is 4.98 Å². The highest BCUT2D eigenvalue weighted by molar-refractivity contribution is 5.83. The molecule has 0 fully saturated rings. The maximum atomic E-state index is 4.63. The maximum absolute atomic E-state index is 4.63. The standard InChI is InChI=1S/C22H30N2/c1-16-17(14-23-15-19-10-8-9-11-24-19)12-18(21(2,3)4)13-20(16)22(5,6)7/h8-14H,15H2,1-7H3. The second-order valence-corrected chi connectivity index (χ2v) is 8.53. The molecule has 0 N–H and O–H groups in total. The van der Waals surface area contributed by atoms with Gasteiger partial charge in [0, 0.05) is 12.4 Å². The van der Waals surface area contributed by atoms with Gasteiger partial charge in [-0.05, 0) is 58.2 Å². The summed E-state index contributed by atoms with van der Waals surface area (Å²) in [6.45, 7) is 16.4. The third-order valence-electron chi connectivity index (χ3n) is 4.33. The molecule has 0 aliphatic heterocycles. The van der Waals surface area contributed by atoms with Crippen molar-refractivity contribution in [2.45, 2.75) is 65.8 Å². The molecule has 2 nitrogen and oxygen atoms in total. The number of hydrogen-bond donors (Lipinski definition) is 0. The van der Waals surface area contributed by atoms with E-state index in [1.807, 2.05) is 30.6 Å². The lowest BCUT2D eigenvalue weighted by atomic mass is 9.77. The van der Waals surface area contributed by atoms with E-state index in [1.54, 1.807) is 0 Å². The van der Waals surface area contributed by atoms with Crippen molar-refractivity contribution in [1.29, 1.82) is 0 Å². The Morgan fingerprint density at radius 2 is 1.71 bits per heavy atom. The first-order valence-corrected chi connectivity index (χ1v) is 8.64. The molecule has 0 aliphatic rings. The molecular weight excluding hydrogens is 292 g/mol. The zero-order valence-electron chi connectivity index (χ0n) is 16.1. The fraction of sp³-hybridized carbons (Fsp3) is 0.455. The SMILES string of the molecule is Cc1c(C=NCc2ccccn2)cc(C(C)(C)C)cc1C(C)(C)C. The van der Waals surface area contributed by atoms with E-state index in [-0.39, 0.29) is 10.8 Å². The van der Waals surface area contributed by atoms with Gasteiger partial charge in [-0.25, -0.2) is 0 Å². The van der Waals surface area contributed by atoms with Crippen molar-refractivity contribution in [2.24, 2.45) is 4.99 Å². The summed E-state index contributed by atoms with van der Waals surface area (Å²) in [6, 6.07) is 10.6. The van der Waals surface area contributed by atoms with Gasteiger partial charge in [-0.15, -0.1) is 0 Å². The van der Waals surface area contributed by atoms with Crippen molar-refractivity contribution in [3.05, 3.63) is 64.5 Å². The first kappa shape index (κ1) is 18.4. The van der Waals surface area contributed by atoms with E-state index in [0.29, 0.717) is 6.54 Å². The smallest absolute Gasteiger partial charge is 0.0811 e. The van der Waals surface area contributed by atoms with Crippen LogP contribution in [0.5, 0.6) is 0 Å². The molecule has 0 saturated carbocycles. The normalized spacial score (nSPS) is 12.8. The Morgan fingerprint density at radius 3 is 2.25 bits per heavy atom. The number of benzene rings is 1. The second kappa shape index (κ2) is 6.88. The van der Waals surface area contributed by atoms with E-state index in [0.717, 1.165) is 5.69 Å². The molecule has 0 atom stereocenters. The van der Waals surface area contributed by atoms with Crippen LogP contribution in [0.15, 0.2) is 41.5 Å². The molecular formula is C22H30N2. The van der Waals surface area contributed by atoms with Crippen LogP contribution in [0.25, 0.3) is 0 Å². The van der Waals surface area contributed by atoms with Crippen LogP contribution in [-0.4, -0.2) is 11.2 Å². The summed E-state index contributed by atoms with van der Waals surface area (Å²) in [6.07, 6.45) is 3.82. The van der Waals surface area contributed by atoms with Crippen molar-refractivity contribution in [3.63, 3.8) is 0 Å². The summed E-state index contributed by atoms with van der Waals surface area (Å²) >= 11 is 0. The monoisotopic (exact) mass is 322 g/mol. The summed E-state index contributed by atoms with van der Waals surface area (Å²) in [4.78, 5) is 8.96. The first-order chi connectivity index (χ1) is 11.1. The fourth-order valence-corrected chi connectivity index (χ4v) is 2.81. The lowest BCUT2D eigenvalue weighted by Gasteiger charge is -2.28. The third kappa shape index (κ3) is 4.53. The molecule has 1 heterocycles. The van der Waals surface area contributed by atoms with Gasteiger partial charge < -0.3 is 0 Å². The molecule has 0 spiro atoms. The Hall–Kier alpha value is -1.96. The number of hydrogen-bond acceptors (Lipinski definition) is 2. The van der Waals surface area contributed by atoms with Gasteiger partial charge in [0.05, 0.1) is 12.2 Å². The van der Waals surface area contributed by atoms with Gasteiger partial charge >= 0.3 is 0 Å². The van der Waals surface area contributed by atoms with Crippen molar-refractivity contribution in [2.75, 3.05) is 0 Å². The lowest BCUT2D eigenvalue weighted by molar-refractivity contribution is 0.565. The van der Waals surface area contributed by atoms with E-state index in [2.05, 4.69) is 70.6 Å². The average molecular weight is 322 g/mol. The van der Waals surface area contributed by atoms with Gasteiger partial charge in [0.15, 0.2) is 0 Å². The fourth-order valence-electron chi connectivity index (χ4n) is 2.81. The summed E-state index contributed by atoms with van der Waals surface area (Å²) < 4.78 is 0. The van der Waals surface area contributed by atoms with Crippen LogP contribution in [-0.2, 0) is 17.4 Å². The zero-order chi connectivity index (χ0) is 18.0. The van der Waals surface area contributed by atoms with Crippen molar-refractivity contribution in [3.8, 4) is 0 Å². The molecule has 0 radical (unpaired) electrons. The minimum absolute atomic E-state index is 0.120. The van der Waals surface area contributed by atoms with Crippen LogP contribution in [0, 0.1) is 6.92 Å². The van der Waals surface area contributed by atoms with Crippen LogP contribution in [0.2, 0.25) is 0 Å². The minimum Gasteiger partial charge on any atom is -0.286 e. The van der Waals surface area contributed by atoms with Gasteiger partial charge in [-0.3, -0.25) is 9.98 Å². The van der Waals surface area contributed by atoms with Gasteiger partial charge in [0.2, 0.25) is 0 Å². The van der Waals surface area contributed by atoms with E-state index in [1.165, 1.54) is 22.3 Å². The van der Waals surface area contributed by atoms with E-state index >= 15 is 0 Å². The molecule has 1 aromatic heterocycles. The molecule has 0 aliphatic carbocycles. The molecule has 0 unspecified atom stereocenters. The predicted molar refractivity (Wildman–Crippen MR) is 104 cm³/mol. The first-order valence-electron chi connectivity index (χ1n) is 8.64. The Labute approximate surface area is 147 Å². The largest absolute Gasteiger partial charge is 0.286 e. The molecule has 24 heavy (non-hydrogen) atoms. The molecule has 0 saturated heterocycles. The van der Waals surface area contributed by atoms with E-state index in [4.69, 9.17) is 0 Å². The summed E-state index contributed by atoms with van der Waals surface area (Å²) in [5.74, 6) is 0. The van der Waals surface area contributed by atoms with Crippen LogP contribution < -0.4 is 0 Å². The number of pyridine rings is 1. The Morgan fingerprint density at radius 1 is 1.00 bits per heavy atom.